The number of fused-ring (bicyclic) bond motifs is 1. The zero-order valence-corrected chi connectivity index (χ0v) is 10.8. The minimum atomic E-state index is -0.191. The Morgan fingerprint density at radius 2 is 2.21 bits per heavy atom. The molecular weight excluding hydrogens is 244 g/mol. The van der Waals surface area contributed by atoms with Crippen molar-refractivity contribution in [1.82, 2.24) is 5.16 Å². The lowest BCUT2D eigenvalue weighted by atomic mass is 10.2. The number of carbonyl (C=O) groups is 1. The number of ether oxygens (including phenoxy) is 1. The van der Waals surface area contributed by atoms with Gasteiger partial charge < -0.3 is 9.26 Å². The molecule has 0 aliphatic carbocycles. The van der Waals surface area contributed by atoms with Gasteiger partial charge in [-0.15, -0.1) is 0 Å². The van der Waals surface area contributed by atoms with Crippen LogP contribution in [0.15, 0.2) is 34.9 Å². The second kappa shape index (κ2) is 4.42. The Morgan fingerprint density at radius 3 is 2.95 bits per heavy atom. The molecule has 1 aliphatic heterocycles. The van der Waals surface area contributed by atoms with Crippen LogP contribution in [0.5, 0.6) is 5.75 Å². The van der Waals surface area contributed by atoms with Crippen LogP contribution < -0.4 is 9.64 Å². The van der Waals surface area contributed by atoms with Crippen molar-refractivity contribution in [1.29, 1.82) is 0 Å². The van der Waals surface area contributed by atoms with Gasteiger partial charge in [0, 0.05) is 6.07 Å². The summed E-state index contributed by atoms with van der Waals surface area (Å²) in [4.78, 5) is 14.1. The molecule has 0 bridgehead atoms. The van der Waals surface area contributed by atoms with Crippen molar-refractivity contribution in [3.05, 3.63) is 41.8 Å². The molecule has 0 spiro atoms. The Labute approximate surface area is 110 Å². The zero-order valence-electron chi connectivity index (χ0n) is 10.8. The molecule has 1 atom stereocenters. The highest BCUT2D eigenvalue weighted by Crippen LogP contribution is 2.33. The van der Waals surface area contributed by atoms with Gasteiger partial charge in [0.2, 0.25) is 5.76 Å². The molecule has 1 aromatic heterocycles. The molecule has 5 nitrogen and oxygen atoms in total. The molecule has 98 valence electrons. The fraction of sp³-hybridized carbons (Fsp3) is 0.286. The normalized spacial score (nSPS) is 17.8. The molecule has 2 aromatic rings. The average Bonchev–Trinajstić information content (AvgIpc) is 2.83. The van der Waals surface area contributed by atoms with Crippen LogP contribution in [0.2, 0.25) is 0 Å². The maximum atomic E-state index is 12.5. The van der Waals surface area contributed by atoms with Gasteiger partial charge in [-0.1, -0.05) is 17.3 Å². The summed E-state index contributed by atoms with van der Waals surface area (Å²) in [6.45, 7) is 4.22. The Balaban J connectivity index is 1.99. The van der Waals surface area contributed by atoms with Gasteiger partial charge in [0.05, 0.1) is 17.9 Å². The van der Waals surface area contributed by atoms with Crippen LogP contribution in [0.25, 0.3) is 0 Å². The van der Waals surface area contributed by atoms with Gasteiger partial charge in [-0.3, -0.25) is 9.69 Å². The van der Waals surface area contributed by atoms with Crippen LogP contribution in [0.3, 0.4) is 0 Å². The second-order valence-corrected chi connectivity index (χ2v) is 4.64. The molecule has 0 radical (unpaired) electrons. The van der Waals surface area contributed by atoms with Crippen LogP contribution in [0.4, 0.5) is 5.69 Å². The predicted molar refractivity (Wildman–Crippen MR) is 69.4 cm³/mol. The quantitative estimate of drug-likeness (QED) is 0.788. The number of rotatable bonds is 1. The maximum Gasteiger partial charge on any atom is 0.297 e. The number of aryl methyl sites for hydroxylation is 1. The molecule has 3 rings (SSSR count). The fourth-order valence-electron chi connectivity index (χ4n) is 2.18. The van der Waals surface area contributed by atoms with Gasteiger partial charge in [0.15, 0.2) is 0 Å². The van der Waals surface area contributed by atoms with E-state index >= 15 is 0 Å². The molecule has 1 aliphatic rings. The Bertz CT molecular complexity index is 621. The van der Waals surface area contributed by atoms with E-state index in [1.807, 2.05) is 31.2 Å². The molecule has 19 heavy (non-hydrogen) atoms. The van der Waals surface area contributed by atoms with E-state index in [0.29, 0.717) is 18.0 Å². The van der Waals surface area contributed by atoms with E-state index in [0.717, 1.165) is 5.69 Å². The molecule has 1 amide bonds. The number of para-hydroxylation sites is 2. The Hall–Kier alpha value is -2.30. The summed E-state index contributed by atoms with van der Waals surface area (Å²) >= 11 is 0. The monoisotopic (exact) mass is 258 g/mol. The molecule has 1 aromatic carbocycles. The molecular formula is C14H14N2O3. The van der Waals surface area contributed by atoms with Crippen LogP contribution in [-0.2, 0) is 0 Å². The molecule has 5 heteroatoms. The van der Waals surface area contributed by atoms with E-state index in [1.165, 1.54) is 0 Å². The Kier molecular flexibility index (Phi) is 2.74. The van der Waals surface area contributed by atoms with Gasteiger partial charge in [-0.05, 0) is 26.0 Å². The van der Waals surface area contributed by atoms with E-state index in [9.17, 15) is 4.79 Å². The van der Waals surface area contributed by atoms with Crippen molar-refractivity contribution in [2.75, 3.05) is 11.4 Å². The summed E-state index contributed by atoms with van der Waals surface area (Å²) in [6.07, 6.45) is -0.0529. The average molecular weight is 258 g/mol. The largest absolute Gasteiger partial charge is 0.487 e. The molecule has 0 fully saturated rings. The summed E-state index contributed by atoms with van der Waals surface area (Å²) in [5.74, 6) is 0.774. The third-order valence-corrected chi connectivity index (χ3v) is 3.01. The number of hydrogen-bond donors (Lipinski definition) is 0. The first-order valence-electron chi connectivity index (χ1n) is 6.16. The summed E-state index contributed by atoms with van der Waals surface area (Å²) in [6, 6.07) is 9.13. The first-order chi connectivity index (χ1) is 9.15. The number of amides is 1. The molecule has 0 saturated heterocycles. The molecule has 2 heterocycles. The third kappa shape index (κ3) is 2.07. The Morgan fingerprint density at radius 1 is 1.42 bits per heavy atom. The predicted octanol–water partition coefficient (Wildman–Crippen LogP) is 2.41. The standard InChI is InChI=1S/C14H14N2O3/c1-9-7-13(19-15-9)14(17)16-8-10(2)18-12-6-4-3-5-11(12)16/h3-7,10H,8H2,1-2H3. The number of carbonyl (C=O) groups excluding carboxylic acids is 1. The van der Waals surface area contributed by atoms with E-state index < -0.39 is 0 Å². The van der Waals surface area contributed by atoms with Crippen LogP contribution in [0.1, 0.15) is 23.2 Å². The number of anilines is 1. The van der Waals surface area contributed by atoms with E-state index in [4.69, 9.17) is 9.26 Å². The molecule has 0 saturated carbocycles. The third-order valence-electron chi connectivity index (χ3n) is 3.01. The van der Waals surface area contributed by atoms with E-state index in [2.05, 4.69) is 5.16 Å². The highest BCUT2D eigenvalue weighted by atomic mass is 16.5. The smallest absolute Gasteiger partial charge is 0.297 e. The van der Waals surface area contributed by atoms with Crippen molar-refractivity contribution in [3.63, 3.8) is 0 Å². The number of benzene rings is 1. The number of aromatic nitrogens is 1. The fourth-order valence-corrected chi connectivity index (χ4v) is 2.18. The minimum absolute atomic E-state index is 0.0529. The van der Waals surface area contributed by atoms with Gasteiger partial charge >= 0.3 is 0 Å². The lowest BCUT2D eigenvalue weighted by Crippen LogP contribution is -2.42. The van der Waals surface area contributed by atoms with E-state index in [1.54, 1.807) is 17.9 Å². The van der Waals surface area contributed by atoms with Gasteiger partial charge in [0.25, 0.3) is 5.91 Å². The SMILES string of the molecule is Cc1cc(C(=O)N2CC(C)Oc3ccccc32)on1. The summed E-state index contributed by atoms with van der Waals surface area (Å²) in [5.41, 5.74) is 1.46. The lowest BCUT2D eigenvalue weighted by Gasteiger charge is -2.32. The topological polar surface area (TPSA) is 55.6 Å². The minimum Gasteiger partial charge on any atom is -0.487 e. The first kappa shape index (κ1) is 11.8. The second-order valence-electron chi connectivity index (χ2n) is 4.64. The molecule has 1 unspecified atom stereocenters. The summed E-state index contributed by atoms with van der Waals surface area (Å²) in [7, 11) is 0. The van der Waals surface area contributed by atoms with E-state index in [-0.39, 0.29) is 17.8 Å². The van der Waals surface area contributed by atoms with Crippen molar-refractivity contribution in [3.8, 4) is 5.75 Å². The van der Waals surface area contributed by atoms with Crippen molar-refractivity contribution in [2.24, 2.45) is 0 Å². The van der Waals surface area contributed by atoms with Gasteiger partial charge in [-0.2, -0.15) is 0 Å². The van der Waals surface area contributed by atoms with Crippen LogP contribution in [-0.4, -0.2) is 23.7 Å². The van der Waals surface area contributed by atoms with Crippen molar-refractivity contribution in [2.45, 2.75) is 20.0 Å². The zero-order chi connectivity index (χ0) is 13.4. The molecule has 0 N–H and O–H groups in total. The van der Waals surface area contributed by atoms with Crippen molar-refractivity contribution >= 4 is 11.6 Å². The van der Waals surface area contributed by atoms with Crippen LogP contribution >= 0.6 is 0 Å². The summed E-state index contributed by atoms with van der Waals surface area (Å²) in [5, 5.41) is 3.75. The highest BCUT2D eigenvalue weighted by Gasteiger charge is 2.29. The van der Waals surface area contributed by atoms with Crippen molar-refractivity contribution < 1.29 is 14.1 Å². The number of hydrogen-bond acceptors (Lipinski definition) is 4. The maximum absolute atomic E-state index is 12.5. The van der Waals surface area contributed by atoms with Gasteiger partial charge in [0.1, 0.15) is 11.9 Å². The highest BCUT2D eigenvalue weighted by molar-refractivity contribution is 6.05. The van der Waals surface area contributed by atoms with Crippen LogP contribution in [0, 0.1) is 6.92 Å². The first-order valence-corrected chi connectivity index (χ1v) is 6.16. The summed E-state index contributed by atoms with van der Waals surface area (Å²) < 4.78 is 10.8. The van der Waals surface area contributed by atoms with Gasteiger partial charge in [-0.25, -0.2) is 0 Å². The number of nitrogens with zero attached hydrogens (tertiary/aromatic N) is 2. The lowest BCUT2D eigenvalue weighted by molar-refractivity contribution is 0.0925.